The van der Waals surface area contributed by atoms with Crippen LogP contribution in [0, 0.1) is 0 Å². The second kappa shape index (κ2) is 5.03. The van der Waals surface area contributed by atoms with Gasteiger partial charge in [0.2, 0.25) is 5.89 Å². The zero-order chi connectivity index (χ0) is 12.3. The summed E-state index contributed by atoms with van der Waals surface area (Å²) >= 11 is 0. The molecule has 2 rings (SSSR count). The van der Waals surface area contributed by atoms with Crippen LogP contribution >= 0.6 is 0 Å². The molecule has 2 heterocycles. The van der Waals surface area contributed by atoms with E-state index in [-0.39, 0.29) is 18.4 Å². The van der Waals surface area contributed by atoms with E-state index < -0.39 is 10.2 Å². The van der Waals surface area contributed by atoms with Crippen LogP contribution in [0.15, 0.2) is 10.6 Å². The average molecular weight is 261 g/mol. The highest BCUT2D eigenvalue weighted by Gasteiger charge is 2.25. The number of aromatic nitrogens is 1. The van der Waals surface area contributed by atoms with Gasteiger partial charge in [0.15, 0.2) is 0 Å². The van der Waals surface area contributed by atoms with Crippen LogP contribution in [-0.4, -0.2) is 37.9 Å². The van der Waals surface area contributed by atoms with Gasteiger partial charge in [-0.15, -0.1) is 0 Å². The number of nitrogens with one attached hydrogen (secondary N) is 1. The van der Waals surface area contributed by atoms with Gasteiger partial charge in [-0.25, -0.2) is 4.98 Å². The van der Waals surface area contributed by atoms with Crippen molar-refractivity contribution in [2.45, 2.75) is 19.4 Å². The number of oxazole rings is 1. The minimum atomic E-state index is -3.41. The molecule has 0 amide bonds. The monoisotopic (exact) mass is 261 g/mol. The van der Waals surface area contributed by atoms with Gasteiger partial charge >= 0.3 is 5.95 Å². The quantitative estimate of drug-likeness (QED) is 0.813. The average Bonchev–Trinajstić information content (AvgIpc) is 2.98. The van der Waals surface area contributed by atoms with E-state index in [0.29, 0.717) is 13.1 Å². The summed E-state index contributed by atoms with van der Waals surface area (Å²) in [7, 11) is -1.96. The second-order valence-corrected chi connectivity index (χ2v) is 5.46. The van der Waals surface area contributed by atoms with E-state index in [2.05, 4.69) is 9.71 Å². The summed E-state index contributed by atoms with van der Waals surface area (Å²) in [6.45, 7) is 1.18. The van der Waals surface area contributed by atoms with E-state index in [0.717, 1.165) is 12.8 Å². The largest absolute Gasteiger partial charge is 0.467 e. The van der Waals surface area contributed by atoms with Crippen molar-refractivity contribution in [3.63, 3.8) is 0 Å². The lowest BCUT2D eigenvalue weighted by atomic mass is 10.4. The molecule has 7 nitrogen and oxygen atoms in total. The molecule has 0 aliphatic carbocycles. The van der Waals surface area contributed by atoms with Crippen LogP contribution < -0.4 is 9.46 Å². The third-order valence-corrected chi connectivity index (χ3v) is 4.10. The van der Waals surface area contributed by atoms with Crippen molar-refractivity contribution in [1.29, 1.82) is 0 Å². The molecule has 0 radical (unpaired) electrons. The molecule has 1 aliphatic rings. The number of nitrogens with zero attached hydrogens (tertiary/aromatic N) is 2. The van der Waals surface area contributed by atoms with Gasteiger partial charge in [0, 0.05) is 13.1 Å². The minimum absolute atomic E-state index is 0.0300. The Labute approximate surface area is 99.9 Å². The maximum absolute atomic E-state index is 11.8. The molecule has 0 aromatic carbocycles. The van der Waals surface area contributed by atoms with Gasteiger partial charge in [-0.2, -0.15) is 17.4 Å². The smallest absolute Gasteiger partial charge is 0.304 e. The van der Waals surface area contributed by atoms with Crippen LogP contribution in [0.3, 0.4) is 0 Å². The summed E-state index contributed by atoms with van der Waals surface area (Å²) < 4.78 is 37.4. The van der Waals surface area contributed by atoms with E-state index in [1.807, 2.05) is 0 Å². The Hall–Kier alpha value is -1.12. The molecule has 0 bridgehead atoms. The third-order valence-electron chi connectivity index (χ3n) is 2.54. The van der Waals surface area contributed by atoms with E-state index in [9.17, 15) is 8.42 Å². The van der Waals surface area contributed by atoms with Gasteiger partial charge in [-0.1, -0.05) is 0 Å². The molecule has 0 unspecified atom stereocenters. The number of hydrogen-bond acceptors (Lipinski definition) is 5. The normalized spacial score (nSPS) is 17.5. The van der Waals surface area contributed by atoms with Crippen LogP contribution in [0.25, 0.3) is 0 Å². The van der Waals surface area contributed by atoms with Crippen molar-refractivity contribution in [2.75, 3.05) is 20.2 Å². The fraction of sp³-hybridized carbons (Fsp3) is 0.667. The van der Waals surface area contributed by atoms with Crippen molar-refractivity contribution in [3.05, 3.63) is 12.1 Å². The summed E-state index contributed by atoms with van der Waals surface area (Å²) in [4.78, 5) is 3.88. The van der Waals surface area contributed by atoms with Crippen LogP contribution in [0.2, 0.25) is 0 Å². The molecular weight excluding hydrogens is 246 g/mol. The SMILES string of the molecule is COc1cnc(CNS(=O)(=O)N2CCCC2)o1. The lowest BCUT2D eigenvalue weighted by Crippen LogP contribution is -2.38. The molecule has 17 heavy (non-hydrogen) atoms. The Balaban J connectivity index is 1.92. The predicted molar refractivity (Wildman–Crippen MR) is 59.6 cm³/mol. The zero-order valence-electron chi connectivity index (χ0n) is 9.55. The number of rotatable bonds is 5. The van der Waals surface area contributed by atoms with Gasteiger partial charge in [0.25, 0.3) is 10.2 Å². The van der Waals surface area contributed by atoms with Crippen molar-refractivity contribution in [2.24, 2.45) is 0 Å². The maximum atomic E-state index is 11.8. The highest BCUT2D eigenvalue weighted by atomic mass is 32.2. The second-order valence-electron chi connectivity index (χ2n) is 3.71. The first-order valence-electron chi connectivity index (χ1n) is 5.35. The summed E-state index contributed by atoms with van der Waals surface area (Å²) in [5.74, 6) is 0.546. The minimum Gasteiger partial charge on any atom is -0.467 e. The fourth-order valence-corrected chi connectivity index (χ4v) is 2.87. The van der Waals surface area contributed by atoms with Crippen molar-refractivity contribution >= 4 is 10.2 Å². The van der Waals surface area contributed by atoms with E-state index in [4.69, 9.17) is 9.15 Å². The Morgan fingerprint density at radius 3 is 2.82 bits per heavy atom. The fourth-order valence-electron chi connectivity index (χ4n) is 1.64. The van der Waals surface area contributed by atoms with Crippen molar-refractivity contribution in [1.82, 2.24) is 14.0 Å². The van der Waals surface area contributed by atoms with Gasteiger partial charge < -0.3 is 9.15 Å². The Morgan fingerprint density at radius 1 is 1.53 bits per heavy atom. The molecule has 1 aromatic rings. The van der Waals surface area contributed by atoms with Crippen LogP contribution in [0.5, 0.6) is 5.95 Å². The van der Waals surface area contributed by atoms with Crippen molar-refractivity contribution in [3.8, 4) is 5.95 Å². The standard InChI is InChI=1S/C9H15N3O4S/c1-15-9-7-10-8(16-9)6-11-17(13,14)12-4-2-3-5-12/h7,11H,2-6H2,1H3. The Morgan fingerprint density at radius 2 is 2.24 bits per heavy atom. The maximum Gasteiger partial charge on any atom is 0.304 e. The summed E-state index contributed by atoms with van der Waals surface area (Å²) in [6.07, 6.45) is 3.22. The summed E-state index contributed by atoms with van der Waals surface area (Å²) in [5, 5.41) is 0. The number of methoxy groups -OCH3 is 1. The lowest BCUT2D eigenvalue weighted by molar-refractivity contribution is 0.292. The zero-order valence-corrected chi connectivity index (χ0v) is 10.4. The molecular formula is C9H15N3O4S. The Bertz CT molecular complexity index is 464. The molecule has 0 atom stereocenters. The summed E-state index contributed by atoms with van der Waals surface area (Å²) in [5.41, 5.74) is 0. The van der Waals surface area contributed by atoms with Crippen LogP contribution in [-0.2, 0) is 16.8 Å². The first-order valence-corrected chi connectivity index (χ1v) is 6.79. The Kier molecular flexibility index (Phi) is 3.65. The lowest BCUT2D eigenvalue weighted by Gasteiger charge is -2.14. The first-order chi connectivity index (χ1) is 8.12. The molecule has 96 valence electrons. The van der Waals surface area contributed by atoms with E-state index in [1.54, 1.807) is 0 Å². The molecule has 0 spiro atoms. The molecule has 1 fully saturated rings. The molecule has 1 N–H and O–H groups in total. The summed E-state index contributed by atoms with van der Waals surface area (Å²) in [6, 6.07) is 0. The number of ether oxygens (including phenoxy) is 1. The van der Waals surface area contributed by atoms with E-state index in [1.165, 1.54) is 17.6 Å². The van der Waals surface area contributed by atoms with Crippen LogP contribution in [0.4, 0.5) is 0 Å². The first kappa shape index (κ1) is 12.3. The van der Waals surface area contributed by atoms with Gasteiger partial charge in [0.1, 0.15) is 6.20 Å². The molecule has 1 aliphatic heterocycles. The van der Waals surface area contributed by atoms with Gasteiger partial charge in [-0.05, 0) is 12.8 Å². The molecule has 1 aromatic heterocycles. The molecule has 1 saturated heterocycles. The molecule has 0 saturated carbocycles. The molecule has 8 heteroatoms. The topological polar surface area (TPSA) is 84.7 Å². The van der Waals surface area contributed by atoms with Crippen LogP contribution in [0.1, 0.15) is 18.7 Å². The van der Waals surface area contributed by atoms with E-state index >= 15 is 0 Å². The highest BCUT2D eigenvalue weighted by Crippen LogP contribution is 2.13. The van der Waals surface area contributed by atoms with Crippen molar-refractivity contribution < 1.29 is 17.6 Å². The van der Waals surface area contributed by atoms with Gasteiger partial charge in [0.05, 0.1) is 13.7 Å². The van der Waals surface area contributed by atoms with Gasteiger partial charge in [-0.3, -0.25) is 0 Å². The number of hydrogen-bond donors (Lipinski definition) is 1. The predicted octanol–water partition coefficient (Wildman–Crippen LogP) is 0.113. The third kappa shape index (κ3) is 2.96. The highest BCUT2D eigenvalue weighted by molar-refractivity contribution is 7.87.